The number of nitrogens with two attached hydrogens (primary N) is 1. The Hall–Kier alpha value is -3.23. The first-order chi connectivity index (χ1) is 12.4. The van der Waals surface area contributed by atoms with Crippen molar-refractivity contribution in [3.8, 4) is 6.07 Å². The van der Waals surface area contributed by atoms with Crippen molar-refractivity contribution in [1.82, 2.24) is 14.8 Å². The topological polar surface area (TPSA) is 141 Å². The Morgan fingerprint density at radius 1 is 1.50 bits per heavy atom. The molecule has 11 heteroatoms. The predicted molar refractivity (Wildman–Crippen MR) is 95.2 cm³/mol. The van der Waals surface area contributed by atoms with Crippen molar-refractivity contribution in [2.75, 3.05) is 5.73 Å². The Labute approximate surface area is 155 Å². The van der Waals surface area contributed by atoms with Gasteiger partial charge in [0.15, 0.2) is 4.34 Å². The minimum absolute atomic E-state index is 0.0376. The molecule has 0 atom stereocenters. The second-order valence-corrected chi connectivity index (χ2v) is 7.22. The normalized spacial score (nSPS) is 10.5. The maximum Gasteiger partial charge on any atom is 0.284 e. The minimum Gasteiger partial charge on any atom is -0.382 e. The van der Waals surface area contributed by atoms with E-state index in [2.05, 4.69) is 10.1 Å². The molecule has 0 saturated carbocycles. The van der Waals surface area contributed by atoms with Crippen LogP contribution in [0.4, 0.5) is 11.5 Å². The van der Waals surface area contributed by atoms with E-state index in [-0.39, 0.29) is 22.6 Å². The third-order valence-corrected chi connectivity index (χ3v) is 5.44. The molecule has 2 heterocycles. The van der Waals surface area contributed by atoms with Crippen LogP contribution < -0.4 is 5.73 Å². The number of rotatable bonds is 4. The van der Waals surface area contributed by atoms with E-state index in [4.69, 9.17) is 11.0 Å². The van der Waals surface area contributed by atoms with Crippen LogP contribution >= 0.6 is 23.1 Å². The molecule has 0 bridgehead atoms. The first-order valence-corrected chi connectivity index (χ1v) is 8.77. The number of nitrogens with zero attached hydrogens (tertiary/aromatic N) is 5. The third kappa shape index (κ3) is 3.28. The fraction of sp³-hybridized carbons (Fsp3) is 0.0667. The highest BCUT2D eigenvalue weighted by molar-refractivity contribution is 8.01. The summed E-state index contributed by atoms with van der Waals surface area (Å²) in [5.74, 6) is -0.773. The monoisotopic (exact) mass is 386 g/mol. The Morgan fingerprint density at radius 3 is 2.85 bits per heavy atom. The molecule has 0 radical (unpaired) electrons. The van der Waals surface area contributed by atoms with Crippen LogP contribution in [0.5, 0.6) is 0 Å². The summed E-state index contributed by atoms with van der Waals surface area (Å²) < 4.78 is 1.51. The van der Waals surface area contributed by atoms with Crippen LogP contribution in [0, 0.1) is 28.4 Å². The van der Waals surface area contributed by atoms with Crippen LogP contribution in [0.25, 0.3) is 0 Å². The number of benzene rings is 1. The molecule has 0 amide bonds. The maximum absolute atomic E-state index is 12.5. The summed E-state index contributed by atoms with van der Waals surface area (Å²) in [5, 5.41) is 25.9. The number of thiazole rings is 1. The van der Waals surface area contributed by atoms with Gasteiger partial charge in [-0.2, -0.15) is 15.0 Å². The van der Waals surface area contributed by atoms with Gasteiger partial charge in [0.2, 0.25) is 0 Å². The van der Waals surface area contributed by atoms with Crippen LogP contribution in [-0.2, 0) is 0 Å². The van der Waals surface area contributed by atoms with Gasteiger partial charge in [0.05, 0.1) is 16.0 Å². The lowest BCUT2D eigenvalue weighted by molar-refractivity contribution is -0.387. The van der Waals surface area contributed by atoms with E-state index in [1.165, 1.54) is 23.5 Å². The van der Waals surface area contributed by atoms with Gasteiger partial charge in [-0.25, -0.2) is 4.98 Å². The summed E-state index contributed by atoms with van der Waals surface area (Å²) in [6.07, 6.45) is 1.16. The molecule has 130 valence electrons. The first kappa shape index (κ1) is 17.6. The molecular weight excluding hydrogens is 376 g/mol. The molecule has 0 unspecified atom stereocenters. The Kier molecular flexibility index (Phi) is 4.70. The highest BCUT2D eigenvalue weighted by Gasteiger charge is 2.22. The van der Waals surface area contributed by atoms with Crippen molar-refractivity contribution in [3.63, 3.8) is 0 Å². The predicted octanol–water partition coefficient (Wildman–Crippen LogP) is 2.85. The van der Waals surface area contributed by atoms with Gasteiger partial charge >= 0.3 is 0 Å². The molecule has 3 aromatic rings. The molecule has 26 heavy (non-hydrogen) atoms. The Bertz CT molecular complexity index is 1070. The average Bonchev–Trinajstić information content (AvgIpc) is 3.19. The zero-order valence-corrected chi connectivity index (χ0v) is 14.9. The number of nitro benzene ring substituents is 1. The average molecular weight is 386 g/mol. The van der Waals surface area contributed by atoms with Crippen molar-refractivity contribution in [2.24, 2.45) is 0 Å². The Morgan fingerprint density at radius 2 is 2.27 bits per heavy atom. The largest absolute Gasteiger partial charge is 0.382 e. The van der Waals surface area contributed by atoms with Crippen molar-refractivity contribution in [2.45, 2.75) is 16.2 Å². The molecular formula is C15H10N6O3S2. The number of aryl methyl sites for hydroxylation is 1. The third-order valence-electron chi connectivity index (χ3n) is 3.32. The number of hydrogen-bond donors (Lipinski definition) is 1. The van der Waals surface area contributed by atoms with Crippen LogP contribution in [-0.4, -0.2) is 25.6 Å². The quantitative estimate of drug-likeness (QED) is 0.533. The van der Waals surface area contributed by atoms with E-state index in [9.17, 15) is 14.9 Å². The second-order valence-electron chi connectivity index (χ2n) is 5.07. The summed E-state index contributed by atoms with van der Waals surface area (Å²) in [5.41, 5.74) is 6.39. The zero-order valence-electron chi connectivity index (χ0n) is 13.2. The van der Waals surface area contributed by atoms with Crippen molar-refractivity contribution in [1.29, 1.82) is 5.26 Å². The van der Waals surface area contributed by atoms with E-state index in [0.717, 1.165) is 34.4 Å². The minimum atomic E-state index is -0.659. The number of aromatic nitrogens is 3. The van der Waals surface area contributed by atoms with Gasteiger partial charge in [-0.15, -0.1) is 11.3 Å². The fourth-order valence-corrected chi connectivity index (χ4v) is 3.96. The number of anilines is 1. The number of nitro groups is 1. The number of nitriles is 1. The lowest BCUT2D eigenvalue weighted by Gasteiger charge is -2.05. The molecule has 3 rings (SSSR count). The van der Waals surface area contributed by atoms with Gasteiger partial charge in [-0.3, -0.25) is 14.9 Å². The highest BCUT2D eigenvalue weighted by atomic mass is 32.2. The molecule has 0 saturated heterocycles. The number of carbonyl (C=O) groups excluding carboxylic acids is 1. The lowest BCUT2D eigenvalue weighted by Crippen LogP contribution is -2.16. The van der Waals surface area contributed by atoms with Crippen LogP contribution in [0.3, 0.4) is 0 Å². The molecule has 0 aliphatic heterocycles. The second kappa shape index (κ2) is 6.95. The molecule has 0 aliphatic rings. The van der Waals surface area contributed by atoms with Crippen molar-refractivity contribution >= 4 is 40.5 Å². The van der Waals surface area contributed by atoms with Gasteiger partial charge in [0.25, 0.3) is 11.6 Å². The van der Waals surface area contributed by atoms with Gasteiger partial charge in [0, 0.05) is 22.7 Å². The lowest BCUT2D eigenvalue weighted by atomic mass is 10.2. The maximum atomic E-state index is 12.5. The summed E-state index contributed by atoms with van der Waals surface area (Å²) in [6, 6.07) is 5.91. The Balaban J connectivity index is 1.98. The number of carbonyl (C=O) groups is 1. The van der Waals surface area contributed by atoms with Gasteiger partial charge in [0.1, 0.15) is 17.5 Å². The first-order valence-electron chi connectivity index (χ1n) is 7.07. The summed E-state index contributed by atoms with van der Waals surface area (Å²) >= 11 is 2.54. The molecule has 2 N–H and O–H groups in total. The van der Waals surface area contributed by atoms with Crippen LogP contribution in [0.1, 0.15) is 21.6 Å². The SMILES string of the molecule is Cc1csc(Sc2ccc(C(=O)n3ncc(C#N)c3N)cc2[N+](=O)[O-])n1. The summed E-state index contributed by atoms with van der Waals surface area (Å²) in [6.45, 7) is 1.83. The van der Waals surface area contributed by atoms with E-state index >= 15 is 0 Å². The van der Waals surface area contributed by atoms with Gasteiger partial charge in [-0.1, -0.05) is 11.8 Å². The van der Waals surface area contributed by atoms with Crippen molar-refractivity contribution in [3.05, 3.63) is 56.7 Å². The fourth-order valence-electron chi connectivity index (χ4n) is 2.08. The molecule has 2 aromatic heterocycles. The van der Waals surface area contributed by atoms with E-state index in [1.54, 1.807) is 0 Å². The van der Waals surface area contributed by atoms with E-state index < -0.39 is 10.8 Å². The van der Waals surface area contributed by atoms with E-state index in [0.29, 0.717) is 9.24 Å². The van der Waals surface area contributed by atoms with Crippen molar-refractivity contribution < 1.29 is 9.72 Å². The van der Waals surface area contributed by atoms with Crippen LogP contribution in [0.2, 0.25) is 0 Å². The van der Waals surface area contributed by atoms with Gasteiger partial charge < -0.3 is 5.73 Å². The van der Waals surface area contributed by atoms with Crippen LogP contribution in [0.15, 0.2) is 39.0 Å². The number of hydrogen-bond acceptors (Lipinski definition) is 9. The van der Waals surface area contributed by atoms with E-state index in [1.807, 2.05) is 18.4 Å². The molecule has 0 fully saturated rings. The smallest absolute Gasteiger partial charge is 0.284 e. The standard InChI is InChI=1S/C15H10N6O3S2/c1-8-7-25-15(19-8)26-12-3-2-9(4-11(12)21(23)24)14(22)20-13(17)10(5-16)6-18-20/h2-4,6-7H,17H2,1H3. The number of nitrogen functional groups attached to an aromatic ring is 1. The molecule has 0 spiro atoms. The molecule has 1 aromatic carbocycles. The van der Waals surface area contributed by atoms with Gasteiger partial charge in [-0.05, 0) is 19.1 Å². The molecule has 9 nitrogen and oxygen atoms in total. The summed E-state index contributed by atoms with van der Waals surface area (Å²) in [4.78, 5) is 28.0. The highest BCUT2D eigenvalue weighted by Crippen LogP contribution is 2.37. The summed E-state index contributed by atoms with van der Waals surface area (Å²) in [7, 11) is 0. The molecule has 0 aliphatic carbocycles. The zero-order chi connectivity index (χ0) is 18.8.